The van der Waals surface area contributed by atoms with Gasteiger partial charge in [-0.1, -0.05) is 30.3 Å². The number of hydrogen-bond donors (Lipinski definition) is 1. The first-order valence-corrected chi connectivity index (χ1v) is 8.70. The van der Waals surface area contributed by atoms with Gasteiger partial charge in [-0.15, -0.1) is 0 Å². The van der Waals surface area contributed by atoms with Gasteiger partial charge in [0.25, 0.3) is 0 Å². The summed E-state index contributed by atoms with van der Waals surface area (Å²) >= 11 is 0. The van der Waals surface area contributed by atoms with Crippen molar-refractivity contribution in [1.82, 2.24) is 9.97 Å². The summed E-state index contributed by atoms with van der Waals surface area (Å²) in [6.45, 7) is 2.52. The van der Waals surface area contributed by atoms with Gasteiger partial charge in [0.2, 0.25) is 5.88 Å². The Labute approximate surface area is 156 Å². The summed E-state index contributed by atoms with van der Waals surface area (Å²) < 4.78 is 11.6. The van der Waals surface area contributed by atoms with E-state index >= 15 is 0 Å². The van der Waals surface area contributed by atoms with E-state index in [2.05, 4.69) is 9.97 Å². The molecule has 0 aliphatic heterocycles. The first kappa shape index (κ1) is 16.8. The molecule has 0 fully saturated rings. The average molecular weight is 358 g/mol. The van der Waals surface area contributed by atoms with Crippen LogP contribution in [0.4, 0.5) is 0 Å². The van der Waals surface area contributed by atoms with E-state index in [9.17, 15) is 5.11 Å². The van der Waals surface area contributed by atoms with Crippen molar-refractivity contribution in [3.63, 3.8) is 0 Å². The highest BCUT2D eigenvalue weighted by Gasteiger charge is 2.13. The second-order valence-corrected chi connectivity index (χ2v) is 5.90. The minimum absolute atomic E-state index is 0.122. The fourth-order valence-electron chi connectivity index (χ4n) is 2.81. The quantitative estimate of drug-likeness (QED) is 0.532. The van der Waals surface area contributed by atoms with E-state index in [1.165, 1.54) is 0 Å². The predicted octanol–water partition coefficient (Wildman–Crippen LogP) is 5.19. The highest BCUT2D eigenvalue weighted by molar-refractivity contribution is 5.86. The molecule has 0 saturated carbocycles. The van der Waals surface area contributed by atoms with Gasteiger partial charge in [0.05, 0.1) is 23.1 Å². The number of aromatic nitrogens is 2. The standard InChI is InChI=1S/C22H18N2O3/c1-2-26-15-8-7-9-16(14-15)27-22-17-10-3-5-12-19(17)23-21(24-22)18-11-4-6-13-20(18)25/h3-14,25H,2H2,1H3. The van der Waals surface area contributed by atoms with Crippen LogP contribution in [-0.2, 0) is 0 Å². The summed E-state index contributed by atoms with van der Waals surface area (Å²) in [5.74, 6) is 2.30. The zero-order chi connectivity index (χ0) is 18.6. The van der Waals surface area contributed by atoms with Gasteiger partial charge < -0.3 is 14.6 Å². The molecule has 0 aliphatic carbocycles. The molecule has 0 saturated heterocycles. The van der Waals surface area contributed by atoms with Gasteiger partial charge in [-0.3, -0.25) is 0 Å². The molecule has 0 bridgehead atoms. The number of phenols is 1. The molecule has 1 heterocycles. The molecular weight excluding hydrogens is 340 g/mol. The minimum atomic E-state index is 0.122. The van der Waals surface area contributed by atoms with Crippen LogP contribution in [0.15, 0.2) is 72.8 Å². The predicted molar refractivity (Wildman–Crippen MR) is 104 cm³/mol. The molecule has 27 heavy (non-hydrogen) atoms. The zero-order valence-corrected chi connectivity index (χ0v) is 14.8. The first-order chi connectivity index (χ1) is 13.2. The van der Waals surface area contributed by atoms with E-state index in [0.29, 0.717) is 29.6 Å². The summed E-state index contributed by atoms with van der Waals surface area (Å²) in [6, 6.07) is 22.0. The Balaban J connectivity index is 1.82. The van der Waals surface area contributed by atoms with Crippen LogP contribution >= 0.6 is 0 Å². The van der Waals surface area contributed by atoms with Crippen LogP contribution in [0.1, 0.15) is 6.92 Å². The van der Waals surface area contributed by atoms with Crippen molar-refractivity contribution in [2.45, 2.75) is 6.92 Å². The average Bonchev–Trinajstić information content (AvgIpc) is 2.69. The zero-order valence-electron chi connectivity index (χ0n) is 14.8. The lowest BCUT2D eigenvalue weighted by Gasteiger charge is -2.11. The second-order valence-electron chi connectivity index (χ2n) is 5.90. The highest BCUT2D eigenvalue weighted by Crippen LogP contribution is 2.33. The molecule has 3 aromatic carbocycles. The number of benzene rings is 3. The third-order valence-corrected chi connectivity index (χ3v) is 4.04. The third-order valence-electron chi connectivity index (χ3n) is 4.04. The first-order valence-electron chi connectivity index (χ1n) is 8.70. The minimum Gasteiger partial charge on any atom is -0.507 e. The number of hydrogen-bond acceptors (Lipinski definition) is 5. The number of phenolic OH excluding ortho intramolecular Hbond substituents is 1. The molecule has 1 aromatic heterocycles. The van der Waals surface area contributed by atoms with Gasteiger partial charge in [-0.2, -0.15) is 4.98 Å². The van der Waals surface area contributed by atoms with Crippen LogP contribution < -0.4 is 9.47 Å². The van der Waals surface area contributed by atoms with Crippen molar-refractivity contribution in [2.75, 3.05) is 6.61 Å². The summed E-state index contributed by atoms with van der Waals surface area (Å²) in [6.07, 6.45) is 0. The van der Waals surface area contributed by atoms with Gasteiger partial charge >= 0.3 is 0 Å². The van der Waals surface area contributed by atoms with Crippen molar-refractivity contribution >= 4 is 10.9 Å². The van der Waals surface area contributed by atoms with Crippen LogP contribution in [0.2, 0.25) is 0 Å². The molecule has 1 N–H and O–H groups in total. The van der Waals surface area contributed by atoms with E-state index in [-0.39, 0.29) is 5.75 Å². The molecule has 0 amide bonds. The second kappa shape index (κ2) is 7.33. The number of para-hydroxylation sites is 2. The highest BCUT2D eigenvalue weighted by atomic mass is 16.5. The van der Waals surface area contributed by atoms with E-state index < -0.39 is 0 Å². The van der Waals surface area contributed by atoms with Crippen LogP contribution in [0.3, 0.4) is 0 Å². The molecular formula is C22H18N2O3. The fourth-order valence-corrected chi connectivity index (χ4v) is 2.81. The van der Waals surface area contributed by atoms with Gasteiger partial charge in [0, 0.05) is 6.07 Å². The molecule has 0 radical (unpaired) electrons. The van der Waals surface area contributed by atoms with Gasteiger partial charge in [0.15, 0.2) is 5.82 Å². The van der Waals surface area contributed by atoms with E-state index in [4.69, 9.17) is 9.47 Å². The van der Waals surface area contributed by atoms with Crippen LogP contribution in [0, 0.1) is 0 Å². The van der Waals surface area contributed by atoms with Crippen molar-refractivity contribution in [2.24, 2.45) is 0 Å². The topological polar surface area (TPSA) is 64.5 Å². The van der Waals surface area contributed by atoms with Crippen LogP contribution in [-0.4, -0.2) is 21.7 Å². The maximum Gasteiger partial charge on any atom is 0.230 e. The monoisotopic (exact) mass is 358 g/mol. The molecule has 5 nitrogen and oxygen atoms in total. The Bertz CT molecular complexity index is 1100. The van der Waals surface area contributed by atoms with Gasteiger partial charge in [-0.05, 0) is 43.3 Å². The maximum atomic E-state index is 10.2. The number of fused-ring (bicyclic) bond motifs is 1. The summed E-state index contributed by atoms with van der Waals surface area (Å²) in [5, 5.41) is 11.0. The van der Waals surface area contributed by atoms with E-state index in [0.717, 1.165) is 16.7 Å². The summed E-state index contributed by atoms with van der Waals surface area (Å²) in [5.41, 5.74) is 1.29. The maximum absolute atomic E-state index is 10.2. The Kier molecular flexibility index (Phi) is 4.58. The Hall–Kier alpha value is -3.60. The normalized spacial score (nSPS) is 10.7. The molecule has 134 valence electrons. The SMILES string of the molecule is CCOc1cccc(Oc2nc(-c3ccccc3O)nc3ccccc23)c1. The number of aromatic hydroxyl groups is 1. The molecule has 0 unspecified atom stereocenters. The van der Waals surface area contributed by atoms with Crippen molar-refractivity contribution in [3.8, 4) is 34.5 Å². The lowest BCUT2D eigenvalue weighted by Crippen LogP contribution is -1.97. The number of nitrogens with zero attached hydrogens (tertiary/aromatic N) is 2. The Morgan fingerprint density at radius 1 is 0.852 bits per heavy atom. The Morgan fingerprint density at radius 2 is 1.63 bits per heavy atom. The van der Waals surface area contributed by atoms with Crippen LogP contribution in [0.25, 0.3) is 22.3 Å². The van der Waals surface area contributed by atoms with Crippen molar-refractivity contribution in [3.05, 3.63) is 72.8 Å². The molecule has 0 aliphatic rings. The number of rotatable bonds is 5. The largest absolute Gasteiger partial charge is 0.507 e. The Morgan fingerprint density at radius 3 is 2.48 bits per heavy atom. The molecule has 0 atom stereocenters. The molecule has 4 rings (SSSR count). The molecule has 5 heteroatoms. The lowest BCUT2D eigenvalue weighted by atomic mass is 10.1. The lowest BCUT2D eigenvalue weighted by molar-refractivity contribution is 0.338. The molecule has 4 aromatic rings. The van der Waals surface area contributed by atoms with E-state index in [1.54, 1.807) is 18.2 Å². The summed E-state index contributed by atoms with van der Waals surface area (Å²) in [4.78, 5) is 9.15. The van der Waals surface area contributed by atoms with Gasteiger partial charge in [0.1, 0.15) is 17.2 Å². The summed E-state index contributed by atoms with van der Waals surface area (Å²) in [7, 11) is 0. The number of ether oxygens (including phenoxy) is 2. The van der Waals surface area contributed by atoms with Crippen LogP contribution in [0.5, 0.6) is 23.1 Å². The van der Waals surface area contributed by atoms with Gasteiger partial charge in [-0.25, -0.2) is 4.98 Å². The van der Waals surface area contributed by atoms with E-state index in [1.807, 2.05) is 61.5 Å². The fraction of sp³-hybridized carbons (Fsp3) is 0.0909. The third kappa shape index (κ3) is 3.53. The smallest absolute Gasteiger partial charge is 0.230 e. The molecule has 0 spiro atoms. The van der Waals surface area contributed by atoms with Crippen molar-refractivity contribution in [1.29, 1.82) is 0 Å². The van der Waals surface area contributed by atoms with Crippen molar-refractivity contribution < 1.29 is 14.6 Å².